The van der Waals surface area contributed by atoms with E-state index < -0.39 is 23.5 Å². The molecule has 1 atom stereocenters. The van der Waals surface area contributed by atoms with Gasteiger partial charge in [-0.05, 0) is 35.9 Å². The minimum absolute atomic E-state index is 0.1000. The highest BCUT2D eigenvalue weighted by molar-refractivity contribution is 6.46. The van der Waals surface area contributed by atoms with Gasteiger partial charge in [-0.15, -0.1) is 0 Å². The van der Waals surface area contributed by atoms with E-state index in [1.807, 2.05) is 14.1 Å². The molecule has 3 rings (SSSR count). The van der Waals surface area contributed by atoms with Crippen LogP contribution in [0.1, 0.15) is 23.6 Å². The molecule has 0 bridgehead atoms. The van der Waals surface area contributed by atoms with E-state index in [1.165, 1.54) is 31.1 Å². The normalized spacial score (nSPS) is 17.5. The number of nitrogens with zero attached hydrogens (tertiary/aromatic N) is 1. The van der Waals surface area contributed by atoms with E-state index in [2.05, 4.69) is 0 Å². The van der Waals surface area contributed by atoms with Gasteiger partial charge < -0.3 is 29.1 Å². The number of hydrogen-bond acceptors (Lipinski definition) is 6. The third-order valence-electron chi connectivity index (χ3n) is 5.67. The van der Waals surface area contributed by atoms with Crippen LogP contribution in [0.2, 0.25) is 0 Å². The number of rotatable bonds is 9. The summed E-state index contributed by atoms with van der Waals surface area (Å²) in [7, 11) is 8.57. The first-order valence-electron chi connectivity index (χ1n) is 10.7. The molecule has 0 radical (unpaired) electrons. The average Bonchev–Trinajstić information content (AvgIpc) is 3.07. The quantitative estimate of drug-likeness (QED) is 0.337. The van der Waals surface area contributed by atoms with Gasteiger partial charge in [-0.2, -0.15) is 0 Å². The number of quaternary nitrogens is 1. The Morgan fingerprint density at radius 3 is 2.33 bits per heavy atom. The predicted octanol–water partition coefficient (Wildman–Crippen LogP) is 0.471. The van der Waals surface area contributed by atoms with Gasteiger partial charge in [0.15, 0.2) is 0 Å². The van der Waals surface area contributed by atoms with Crippen molar-refractivity contribution in [3.05, 3.63) is 59.2 Å². The molecule has 1 saturated heterocycles. The van der Waals surface area contributed by atoms with Crippen molar-refractivity contribution in [2.24, 2.45) is 0 Å². The first-order valence-corrected chi connectivity index (χ1v) is 10.7. The summed E-state index contributed by atoms with van der Waals surface area (Å²) in [6, 6.07) is 10.8. The number of Topliss-reactive ketones (excluding diaryl/α,β-unsaturated/α-hetero) is 1. The monoisotopic (exact) mass is 454 g/mol. The molecule has 1 fully saturated rings. The van der Waals surface area contributed by atoms with Gasteiger partial charge >= 0.3 is 0 Å². The fourth-order valence-electron chi connectivity index (χ4n) is 4.00. The summed E-state index contributed by atoms with van der Waals surface area (Å²) in [6.45, 7) is 1.13. The number of methoxy groups -OCH3 is 3. The summed E-state index contributed by atoms with van der Waals surface area (Å²) >= 11 is 0. The van der Waals surface area contributed by atoms with Crippen molar-refractivity contribution in [3.8, 4) is 17.2 Å². The highest BCUT2D eigenvalue weighted by Crippen LogP contribution is 2.43. The molecule has 0 spiro atoms. The molecule has 0 saturated carbocycles. The molecule has 2 aromatic carbocycles. The highest BCUT2D eigenvalue weighted by atomic mass is 16.5. The van der Waals surface area contributed by atoms with E-state index in [9.17, 15) is 14.7 Å². The molecule has 1 aliphatic heterocycles. The van der Waals surface area contributed by atoms with Crippen LogP contribution in [0.4, 0.5) is 0 Å². The molecule has 33 heavy (non-hydrogen) atoms. The van der Waals surface area contributed by atoms with Gasteiger partial charge in [-0.25, -0.2) is 0 Å². The lowest BCUT2D eigenvalue weighted by Crippen LogP contribution is -3.05. The Hall–Kier alpha value is -3.52. The highest BCUT2D eigenvalue weighted by Gasteiger charge is 2.45. The van der Waals surface area contributed by atoms with Crippen LogP contribution < -0.4 is 24.2 Å². The van der Waals surface area contributed by atoms with Gasteiger partial charge in [0.2, 0.25) is 5.78 Å². The number of ether oxygens (including phenoxy) is 3. The van der Waals surface area contributed by atoms with Crippen LogP contribution in [-0.4, -0.2) is 65.1 Å². The summed E-state index contributed by atoms with van der Waals surface area (Å²) in [6.07, 6.45) is 0.671. The van der Waals surface area contributed by atoms with E-state index in [4.69, 9.17) is 14.2 Å². The van der Waals surface area contributed by atoms with Crippen LogP contribution in [-0.2, 0) is 9.59 Å². The molecular formula is C25H30N2O6. The van der Waals surface area contributed by atoms with E-state index in [0.717, 1.165) is 6.54 Å². The first-order chi connectivity index (χ1) is 15.8. The molecule has 8 heteroatoms. The number of amides is 1. The van der Waals surface area contributed by atoms with E-state index in [1.54, 1.807) is 42.5 Å². The molecule has 1 aliphatic rings. The lowest BCUT2D eigenvalue weighted by molar-refractivity contribution is -0.858. The maximum absolute atomic E-state index is 13.6. The molecule has 176 valence electrons. The summed E-state index contributed by atoms with van der Waals surface area (Å²) in [5, 5.41) is 13.6. The first kappa shape index (κ1) is 24.1. The molecule has 1 heterocycles. The predicted molar refractivity (Wildman–Crippen MR) is 121 cm³/mol. The number of nitrogens with one attached hydrogen (secondary N) is 1. The third-order valence-corrected chi connectivity index (χ3v) is 5.67. The lowest BCUT2D eigenvalue weighted by Gasteiger charge is -2.29. The standard InChI is InChI=1S/C25H30N2O6/c1-26(2)12-7-13-27-22(19-15-18(32-4)10-11-20(19)33-5)21(24(29)25(27)30)23(28)16-8-6-9-17(14-16)31-3/h6,8-11,14-15,22,28H,7,12-13H2,1-5H3. The Balaban J connectivity index is 2.20. The zero-order valence-electron chi connectivity index (χ0n) is 19.6. The molecule has 8 nitrogen and oxygen atoms in total. The Bertz CT molecular complexity index is 1060. The summed E-state index contributed by atoms with van der Waals surface area (Å²) in [5.41, 5.74) is 0.702. The van der Waals surface area contributed by atoms with Gasteiger partial charge in [-0.1, -0.05) is 17.9 Å². The van der Waals surface area contributed by atoms with Gasteiger partial charge in [-0.3, -0.25) is 9.59 Å². The zero-order valence-corrected chi connectivity index (χ0v) is 19.6. The second-order valence-corrected chi connectivity index (χ2v) is 8.12. The number of likely N-dealkylation sites (tertiary alicyclic amines) is 1. The number of carbonyl (C=O) groups is 2. The van der Waals surface area contributed by atoms with Crippen molar-refractivity contribution in [1.29, 1.82) is 0 Å². The molecule has 1 N–H and O–H groups in total. The van der Waals surface area contributed by atoms with Crippen LogP contribution in [0.5, 0.6) is 17.2 Å². The largest absolute Gasteiger partial charge is 0.872 e. The maximum atomic E-state index is 13.6. The smallest absolute Gasteiger partial charge is 0.295 e. The molecule has 0 aromatic heterocycles. The lowest BCUT2D eigenvalue weighted by atomic mass is 9.94. The van der Waals surface area contributed by atoms with Gasteiger partial charge in [0.1, 0.15) is 17.2 Å². The van der Waals surface area contributed by atoms with Crippen molar-refractivity contribution < 1.29 is 33.8 Å². The summed E-state index contributed by atoms with van der Waals surface area (Å²) in [5.74, 6) is -0.520. The third kappa shape index (κ3) is 4.96. The van der Waals surface area contributed by atoms with Gasteiger partial charge in [0, 0.05) is 24.1 Å². The zero-order chi connectivity index (χ0) is 24.1. The Labute approximate surface area is 194 Å². The van der Waals surface area contributed by atoms with E-state index >= 15 is 0 Å². The van der Waals surface area contributed by atoms with Crippen molar-refractivity contribution in [2.75, 3.05) is 48.5 Å². The van der Waals surface area contributed by atoms with Crippen LogP contribution in [0.3, 0.4) is 0 Å². The van der Waals surface area contributed by atoms with Crippen LogP contribution in [0.15, 0.2) is 48.0 Å². The SMILES string of the molecule is COc1cccc(C([O-])=C2C(=O)C(=O)N(CCC[NH+](C)C)C2c2cc(OC)ccc2OC)c1. The van der Waals surface area contributed by atoms with E-state index in [-0.39, 0.29) is 11.1 Å². The fraction of sp³-hybridized carbons (Fsp3) is 0.360. The van der Waals surface area contributed by atoms with Gasteiger partial charge in [0.25, 0.3) is 5.91 Å². The number of hydrogen-bond donors (Lipinski definition) is 1. The minimum atomic E-state index is -0.883. The van der Waals surface area contributed by atoms with Crippen LogP contribution in [0, 0.1) is 0 Å². The second kappa shape index (κ2) is 10.4. The van der Waals surface area contributed by atoms with Crippen molar-refractivity contribution in [3.63, 3.8) is 0 Å². The van der Waals surface area contributed by atoms with E-state index in [0.29, 0.717) is 35.8 Å². The van der Waals surface area contributed by atoms with Crippen LogP contribution >= 0.6 is 0 Å². The Morgan fingerprint density at radius 2 is 1.70 bits per heavy atom. The van der Waals surface area contributed by atoms with Crippen LogP contribution in [0.25, 0.3) is 5.76 Å². The summed E-state index contributed by atoms with van der Waals surface area (Å²) in [4.78, 5) is 28.9. The molecule has 1 amide bonds. The number of ketones is 1. The maximum Gasteiger partial charge on any atom is 0.295 e. The average molecular weight is 455 g/mol. The van der Waals surface area contributed by atoms with Crippen molar-refractivity contribution >= 4 is 17.4 Å². The molecule has 0 aliphatic carbocycles. The number of carbonyl (C=O) groups excluding carboxylic acids is 2. The number of benzene rings is 2. The molecular weight excluding hydrogens is 424 g/mol. The van der Waals surface area contributed by atoms with Crippen molar-refractivity contribution in [2.45, 2.75) is 12.5 Å². The Morgan fingerprint density at radius 1 is 1.00 bits per heavy atom. The fourth-order valence-corrected chi connectivity index (χ4v) is 4.00. The minimum Gasteiger partial charge on any atom is -0.872 e. The van der Waals surface area contributed by atoms with Gasteiger partial charge in [0.05, 0.1) is 48.0 Å². The topological polar surface area (TPSA) is 92.6 Å². The summed E-state index contributed by atoms with van der Waals surface area (Å²) < 4.78 is 16.1. The molecule has 2 aromatic rings. The van der Waals surface area contributed by atoms with Crippen molar-refractivity contribution in [1.82, 2.24) is 4.90 Å². The Kier molecular flexibility index (Phi) is 7.60. The molecule has 1 unspecified atom stereocenters. The second-order valence-electron chi connectivity index (χ2n) is 8.12.